The van der Waals surface area contributed by atoms with E-state index >= 15 is 0 Å². The first-order valence-corrected chi connectivity index (χ1v) is 5.85. The van der Waals surface area contributed by atoms with Crippen LogP contribution in [0.2, 0.25) is 0 Å². The molecule has 2 heterocycles. The van der Waals surface area contributed by atoms with E-state index in [4.69, 9.17) is 4.74 Å². The Hall–Kier alpha value is -0.120. The summed E-state index contributed by atoms with van der Waals surface area (Å²) in [5.74, 6) is 0. The van der Waals surface area contributed by atoms with E-state index in [9.17, 15) is 0 Å². The third-order valence-corrected chi connectivity index (χ3v) is 3.14. The minimum atomic E-state index is 0.403. The van der Waals surface area contributed by atoms with E-state index in [1.807, 2.05) is 0 Å². The molecule has 0 aromatic heterocycles. The average Bonchev–Trinajstić information content (AvgIpc) is 2.54. The minimum Gasteiger partial charge on any atom is -0.373 e. The van der Waals surface area contributed by atoms with Gasteiger partial charge in [-0.3, -0.25) is 4.90 Å². The van der Waals surface area contributed by atoms with Gasteiger partial charge in [0, 0.05) is 25.7 Å². The molecule has 2 fully saturated rings. The highest BCUT2D eigenvalue weighted by atomic mass is 16.5. The Morgan fingerprint density at radius 2 is 2.00 bits per heavy atom. The molecule has 0 aliphatic carbocycles. The van der Waals surface area contributed by atoms with Gasteiger partial charge in [0.05, 0.1) is 12.2 Å². The number of rotatable bonds is 2. The number of nitrogens with one attached hydrogen (secondary N) is 1. The van der Waals surface area contributed by atoms with Gasteiger partial charge in [-0.2, -0.15) is 0 Å². The van der Waals surface area contributed by atoms with Crippen molar-refractivity contribution in [3.63, 3.8) is 0 Å². The van der Waals surface area contributed by atoms with E-state index < -0.39 is 0 Å². The van der Waals surface area contributed by atoms with Gasteiger partial charge in [0.2, 0.25) is 0 Å². The van der Waals surface area contributed by atoms with Crippen LogP contribution < -0.4 is 5.32 Å². The summed E-state index contributed by atoms with van der Waals surface area (Å²) < 4.78 is 5.72. The van der Waals surface area contributed by atoms with Crippen LogP contribution in [0, 0.1) is 0 Å². The fraction of sp³-hybridized carbons (Fsp3) is 1.00. The largest absolute Gasteiger partial charge is 0.373 e. The predicted octanol–water partition coefficient (Wildman–Crippen LogP) is 0.848. The Kier molecular flexibility index (Phi) is 3.42. The van der Waals surface area contributed by atoms with Gasteiger partial charge < -0.3 is 10.1 Å². The molecule has 0 spiro atoms. The lowest BCUT2D eigenvalue weighted by Crippen LogP contribution is -2.49. The van der Waals surface area contributed by atoms with E-state index in [1.54, 1.807) is 0 Å². The highest BCUT2D eigenvalue weighted by Gasteiger charge is 2.25. The molecule has 14 heavy (non-hydrogen) atoms. The first-order chi connectivity index (χ1) is 6.74. The predicted molar refractivity (Wildman–Crippen MR) is 57.5 cm³/mol. The van der Waals surface area contributed by atoms with Crippen molar-refractivity contribution in [2.24, 2.45) is 0 Å². The molecular weight excluding hydrogens is 176 g/mol. The second kappa shape index (κ2) is 4.60. The number of morpholine rings is 1. The van der Waals surface area contributed by atoms with Crippen LogP contribution in [-0.2, 0) is 4.74 Å². The number of nitrogens with zero attached hydrogens (tertiary/aromatic N) is 1. The topological polar surface area (TPSA) is 24.5 Å². The van der Waals surface area contributed by atoms with Crippen molar-refractivity contribution in [2.75, 3.05) is 26.2 Å². The Morgan fingerprint density at radius 1 is 1.29 bits per heavy atom. The Morgan fingerprint density at radius 3 is 2.57 bits per heavy atom. The monoisotopic (exact) mass is 198 g/mol. The SMILES string of the molecule is CC1CN(C[C@@H]2CCCN2)CC(C)O1. The van der Waals surface area contributed by atoms with Gasteiger partial charge in [-0.05, 0) is 33.2 Å². The molecule has 3 nitrogen and oxygen atoms in total. The second-order valence-corrected chi connectivity index (χ2v) is 4.77. The van der Waals surface area contributed by atoms with E-state index in [0.29, 0.717) is 12.2 Å². The quantitative estimate of drug-likeness (QED) is 0.712. The van der Waals surface area contributed by atoms with Crippen molar-refractivity contribution < 1.29 is 4.74 Å². The summed E-state index contributed by atoms with van der Waals surface area (Å²) in [6.45, 7) is 8.96. The maximum atomic E-state index is 5.72. The molecule has 2 aliphatic rings. The first kappa shape index (κ1) is 10.4. The Bertz CT molecular complexity index is 170. The van der Waals surface area contributed by atoms with Crippen LogP contribution >= 0.6 is 0 Å². The minimum absolute atomic E-state index is 0.403. The third-order valence-electron chi connectivity index (χ3n) is 3.14. The molecule has 3 atom stereocenters. The molecule has 0 amide bonds. The molecule has 0 saturated carbocycles. The van der Waals surface area contributed by atoms with Gasteiger partial charge in [-0.25, -0.2) is 0 Å². The summed E-state index contributed by atoms with van der Waals surface area (Å²) in [7, 11) is 0. The van der Waals surface area contributed by atoms with Gasteiger partial charge in [0.1, 0.15) is 0 Å². The molecule has 0 bridgehead atoms. The molecule has 82 valence electrons. The van der Waals surface area contributed by atoms with Crippen molar-refractivity contribution >= 4 is 0 Å². The molecule has 2 unspecified atom stereocenters. The lowest BCUT2D eigenvalue weighted by Gasteiger charge is -2.36. The molecule has 3 heteroatoms. The fourth-order valence-electron chi connectivity index (χ4n) is 2.66. The summed E-state index contributed by atoms with van der Waals surface area (Å²) in [5.41, 5.74) is 0. The average molecular weight is 198 g/mol. The van der Waals surface area contributed by atoms with Crippen LogP contribution in [0.3, 0.4) is 0 Å². The number of ether oxygens (including phenoxy) is 1. The molecule has 2 rings (SSSR count). The third kappa shape index (κ3) is 2.69. The normalized spacial score (nSPS) is 40.3. The smallest absolute Gasteiger partial charge is 0.0678 e. The van der Waals surface area contributed by atoms with E-state index in [-0.39, 0.29) is 0 Å². The summed E-state index contributed by atoms with van der Waals surface area (Å²) in [6.07, 6.45) is 3.50. The van der Waals surface area contributed by atoms with Gasteiger partial charge in [-0.15, -0.1) is 0 Å². The van der Waals surface area contributed by atoms with Crippen LogP contribution in [0.25, 0.3) is 0 Å². The first-order valence-electron chi connectivity index (χ1n) is 5.85. The lowest BCUT2D eigenvalue weighted by molar-refractivity contribution is -0.0694. The summed E-state index contributed by atoms with van der Waals surface area (Å²) in [4.78, 5) is 2.54. The van der Waals surface area contributed by atoms with Crippen molar-refractivity contribution in [1.82, 2.24) is 10.2 Å². The van der Waals surface area contributed by atoms with Crippen LogP contribution in [0.5, 0.6) is 0 Å². The highest BCUT2D eigenvalue weighted by Crippen LogP contribution is 2.13. The maximum Gasteiger partial charge on any atom is 0.0678 e. The van der Waals surface area contributed by atoms with Gasteiger partial charge >= 0.3 is 0 Å². The van der Waals surface area contributed by atoms with Crippen molar-refractivity contribution in [2.45, 2.75) is 44.9 Å². The molecule has 2 saturated heterocycles. The van der Waals surface area contributed by atoms with Crippen LogP contribution in [-0.4, -0.2) is 49.3 Å². The zero-order chi connectivity index (χ0) is 9.97. The second-order valence-electron chi connectivity index (χ2n) is 4.77. The van der Waals surface area contributed by atoms with Crippen LogP contribution in [0.1, 0.15) is 26.7 Å². The van der Waals surface area contributed by atoms with Gasteiger partial charge in [0.25, 0.3) is 0 Å². The maximum absolute atomic E-state index is 5.72. The Labute approximate surface area is 86.8 Å². The van der Waals surface area contributed by atoms with E-state index in [0.717, 1.165) is 19.1 Å². The summed E-state index contributed by atoms with van der Waals surface area (Å²) >= 11 is 0. The number of hydrogen-bond acceptors (Lipinski definition) is 3. The molecule has 0 aromatic rings. The molecular formula is C11H22N2O. The Balaban J connectivity index is 1.78. The molecule has 2 aliphatic heterocycles. The van der Waals surface area contributed by atoms with Crippen molar-refractivity contribution in [3.8, 4) is 0 Å². The fourth-order valence-corrected chi connectivity index (χ4v) is 2.66. The summed E-state index contributed by atoms with van der Waals surface area (Å²) in [6, 6.07) is 0.729. The van der Waals surface area contributed by atoms with E-state index in [1.165, 1.54) is 25.9 Å². The highest BCUT2D eigenvalue weighted by molar-refractivity contribution is 4.81. The van der Waals surface area contributed by atoms with Crippen LogP contribution in [0.4, 0.5) is 0 Å². The zero-order valence-electron chi connectivity index (χ0n) is 9.33. The lowest BCUT2D eigenvalue weighted by atomic mass is 10.1. The summed E-state index contributed by atoms with van der Waals surface area (Å²) in [5, 5.41) is 3.55. The van der Waals surface area contributed by atoms with Gasteiger partial charge in [0.15, 0.2) is 0 Å². The number of hydrogen-bond donors (Lipinski definition) is 1. The zero-order valence-corrected chi connectivity index (χ0v) is 9.33. The molecule has 1 N–H and O–H groups in total. The standard InChI is InChI=1S/C11H22N2O/c1-9-6-13(7-10(2)14-9)8-11-4-3-5-12-11/h9-12H,3-8H2,1-2H3/t9?,10?,11-/m0/s1. The van der Waals surface area contributed by atoms with Crippen molar-refractivity contribution in [1.29, 1.82) is 0 Å². The molecule has 0 aromatic carbocycles. The van der Waals surface area contributed by atoms with Crippen LogP contribution in [0.15, 0.2) is 0 Å². The van der Waals surface area contributed by atoms with E-state index in [2.05, 4.69) is 24.1 Å². The van der Waals surface area contributed by atoms with Gasteiger partial charge in [-0.1, -0.05) is 0 Å². The van der Waals surface area contributed by atoms with Crippen molar-refractivity contribution in [3.05, 3.63) is 0 Å². The molecule has 0 radical (unpaired) electrons.